The maximum Gasteiger partial charge on any atom is 0.249 e. The first kappa shape index (κ1) is 13.1. The third-order valence-electron chi connectivity index (χ3n) is 3.02. The van der Waals surface area contributed by atoms with Crippen molar-refractivity contribution in [3.05, 3.63) is 6.20 Å². The van der Waals surface area contributed by atoms with Gasteiger partial charge in [-0.2, -0.15) is 11.8 Å². The molecule has 0 saturated heterocycles. The van der Waals surface area contributed by atoms with Crippen molar-refractivity contribution in [1.82, 2.24) is 4.98 Å². The number of anilines is 1. The van der Waals surface area contributed by atoms with Gasteiger partial charge in [0.1, 0.15) is 0 Å². The number of nitrogens with one attached hydrogen (secondary N) is 1. The molecule has 1 saturated carbocycles. The summed E-state index contributed by atoms with van der Waals surface area (Å²) in [6.45, 7) is 0.825. The van der Waals surface area contributed by atoms with Gasteiger partial charge in [0.2, 0.25) is 10.0 Å². The second-order valence-corrected chi connectivity index (χ2v) is 8.22. The summed E-state index contributed by atoms with van der Waals surface area (Å²) in [5.74, 6) is 0. The highest BCUT2D eigenvalue weighted by atomic mass is 32.2. The molecule has 0 aromatic carbocycles. The van der Waals surface area contributed by atoms with Crippen LogP contribution in [0.25, 0.3) is 0 Å². The predicted molar refractivity (Wildman–Crippen MR) is 72.1 cm³/mol. The lowest BCUT2D eigenvalue weighted by Gasteiger charge is -2.40. The van der Waals surface area contributed by atoms with Gasteiger partial charge in [0, 0.05) is 11.3 Å². The van der Waals surface area contributed by atoms with Crippen molar-refractivity contribution < 1.29 is 8.42 Å². The number of hydrogen-bond acceptors (Lipinski definition) is 6. The third-order valence-corrected chi connectivity index (χ3v) is 6.81. The van der Waals surface area contributed by atoms with Crippen molar-refractivity contribution in [1.29, 1.82) is 0 Å². The molecule has 96 valence electrons. The lowest BCUT2D eigenvalue weighted by molar-refractivity contribution is 0.380. The number of nitrogens with two attached hydrogens (primary N) is 1. The fraction of sp³-hybridized carbons (Fsp3) is 0.667. The summed E-state index contributed by atoms with van der Waals surface area (Å²) in [4.78, 5) is 4.02. The number of nitrogens with zero attached hydrogens (tertiary/aromatic N) is 1. The van der Waals surface area contributed by atoms with E-state index in [-0.39, 0.29) is 4.21 Å². The summed E-state index contributed by atoms with van der Waals surface area (Å²) in [7, 11) is -3.62. The fourth-order valence-corrected chi connectivity index (χ4v) is 4.09. The zero-order valence-electron chi connectivity index (χ0n) is 9.47. The van der Waals surface area contributed by atoms with Gasteiger partial charge in [-0.15, -0.1) is 0 Å². The van der Waals surface area contributed by atoms with Crippen LogP contribution in [0.3, 0.4) is 0 Å². The molecule has 8 heteroatoms. The summed E-state index contributed by atoms with van der Waals surface area (Å²) < 4.78 is 22.6. The first-order valence-corrected chi connectivity index (χ1v) is 8.82. The number of hydrogen-bond donors (Lipinski definition) is 2. The van der Waals surface area contributed by atoms with Crippen LogP contribution >= 0.6 is 23.1 Å². The van der Waals surface area contributed by atoms with E-state index in [0.717, 1.165) is 17.9 Å². The molecule has 0 aliphatic heterocycles. The SMILES string of the molecule is CSC1(CNc2ncc(S(N)(=O)=O)s2)CCC1. The van der Waals surface area contributed by atoms with Crippen molar-refractivity contribution in [2.75, 3.05) is 18.1 Å². The Morgan fingerprint density at radius 1 is 1.65 bits per heavy atom. The van der Waals surface area contributed by atoms with E-state index in [2.05, 4.69) is 16.6 Å². The molecule has 1 aliphatic rings. The van der Waals surface area contributed by atoms with Gasteiger partial charge in [0.25, 0.3) is 0 Å². The van der Waals surface area contributed by atoms with Gasteiger partial charge in [-0.25, -0.2) is 18.5 Å². The average molecular weight is 293 g/mol. The molecule has 0 unspecified atom stereocenters. The van der Waals surface area contributed by atoms with Gasteiger partial charge in [0.15, 0.2) is 9.34 Å². The first-order valence-electron chi connectivity index (χ1n) is 5.23. The van der Waals surface area contributed by atoms with Gasteiger partial charge >= 0.3 is 0 Å². The number of sulfonamides is 1. The van der Waals surface area contributed by atoms with Crippen LogP contribution in [0.1, 0.15) is 19.3 Å². The van der Waals surface area contributed by atoms with E-state index in [0.29, 0.717) is 9.88 Å². The standard InChI is InChI=1S/C9H15N3O2S3/c1-15-9(3-2-4-9)6-12-8-11-5-7(16-8)17(10,13)14/h5H,2-4,6H2,1H3,(H,11,12)(H2,10,13,14). The Morgan fingerprint density at radius 2 is 2.35 bits per heavy atom. The maximum absolute atomic E-state index is 11.1. The Hall–Kier alpha value is -0.310. The van der Waals surface area contributed by atoms with Gasteiger partial charge < -0.3 is 5.32 Å². The number of primary sulfonamides is 1. The van der Waals surface area contributed by atoms with E-state index in [9.17, 15) is 8.42 Å². The van der Waals surface area contributed by atoms with Crippen molar-refractivity contribution >= 4 is 38.3 Å². The molecule has 2 rings (SSSR count). The molecular weight excluding hydrogens is 278 g/mol. The normalized spacial score (nSPS) is 18.7. The minimum atomic E-state index is -3.62. The molecule has 0 spiro atoms. The fourth-order valence-electron chi connectivity index (χ4n) is 1.73. The van der Waals surface area contributed by atoms with Crippen molar-refractivity contribution in [3.8, 4) is 0 Å². The molecule has 0 bridgehead atoms. The zero-order chi connectivity index (χ0) is 12.5. The van der Waals surface area contributed by atoms with Gasteiger partial charge in [-0.3, -0.25) is 0 Å². The number of aromatic nitrogens is 1. The molecule has 17 heavy (non-hydrogen) atoms. The Labute approximate surface area is 109 Å². The Kier molecular flexibility index (Phi) is 3.67. The number of thiazole rings is 1. The lowest BCUT2D eigenvalue weighted by atomic mass is 9.84. The minimum Gasteiger partial charge on any atom is -0.360 e. The molecule has 1 aromatic rings. The molecule has 5 nitrogen and oxygen atoms in total. The van der Waals surface area contributed by atoms with E-state index >= 15 is 0 Å². The molecule has 0 radical (unpaired) electrons. The highest BCUT2D eigenvalue weighted by Gasteiger charge is 2.36. The van der Waals surface area contributed by atoms with Gasteiger partial charge in [0.05, 0.1) is 6.20 Å². The smallest absolute Gasteiger partial charge is 0.249 e. The molecule has 0 atom stereocenters. The Morgan fingerprint density at radius 3 is 2.76 bits per heavy atom. The number of thioether (sulfide) groups is 1. The summed E-state index contributed by atoms with van der Waals surface area (Å²) in [5.41, 5.74) is 0. The average Bonchev–Trinajstić information content (AvgIpc) is 2.65. The molecule has 3 N–H and O–H groups in total. The topological polar surface area (TPSA) is 85.1 Å². The zero-order valence-corrected chi connectivity index (χ0v) is 11.9. The van der Waals surface area contributed by atoms with E-state index in [1.807, 2.05) is 11.8 Å². The van der Waals surface area contributed by atoms with Crippen molar-refractivity contribution in [2.24, 2.45) is 5.14 Å². The minimum absolute atomic E-state index is 0.104. The first-order chi connectivity index (χ1) is 7.95. The monoisotopic (exact) mass is 293 g/mol. The van der Waals surface area contributed by atoms with Crippen molar-refractivity contribution in [3.63, 3.8) is 0 Å². The molecular formula is C9H15N3O2S3. The second kappa shape index (κ2) is 4.75. The van der Waals surface area contributed by atoms with Crippen LogP contribution in [0.5, 0.6) is 0 Å². The van der Waals surface area contributed by atoms with E-state index in [1.54, 1.807) is 0 Å². The summed E-state index contributed by atoms with van der Waals surface area (Å²) in [6, 6.07) is 0. The third kappa shape index (κ3) is 2.93. The number of rotatable bonds is 5. The largest absolute Gasteiger partial charge is 0.360 e. The molecule has 1 fully saturated rings. The predicted octanol–water partition coefficient (Wildman–Crippen LogP) is 1.49. The van der Waals surface area contributed by atoms with Crippen LogP contribution in [0, 0.1) is 0 Å². The lowest BCUT2D eigenvalue weighted by Crippen LogP contribution is -2.40. The maximum atomic E-state index is 11.1. The quantitative estimate of drug-likeness (QED) is 0.859. The van der Waals surface area contributed by atoms with Crippen molar-refractivity contribution in [2.45, 2.75) is 28.2 Å². The molecule has 1 aromatic heterocycles. The highest BCUT2D eigenvalue weighted by Crippen LogP contribution is 2.42. The summed E-state index contributed by atoms with van der Waals surface area (Å²) >= 11 is 2.94. The van der Waals surface area contributed by atoms with E-state index in [4.69, 9.17) is 5.14 Å². The summed E-state index contributed by atoms with van der Waals surface area (Å²) in [5, 5.41) is 8.84. The van der Waals surface area contributed by atoms with Crippen LogP contribution in [0.15, 0.2) is 10.4 Å². The van der Waals surface area contributed by atoms with Gasteiger partial charge in [-0.1, -0.05) is 17.8 Å². The van der Waals surface area contributed by atoms with Gasteiger partial charge in [-0.05, 0) is 19.1 Å². The summed E-state index contributed by atoms with van der Waals surface area (Å²) in [6.07, 6.45) is 7.08. The van der Waals surface area contributed by atoms with Crippen LogP contribution in [-0.2, 0) is 10.0 Å². The Bertz CT molecular complexity index is 488. The van der Waals surface area contributed by atoms with Crippen LogP contribution < -0.4 is 10.5 Å². The molecule has 0 amide bonds. The molecule has 1 aliphatic carbocycles. The van der Waals surface area contributed by atoms with Crippen LogP contribution in [0.4, 0.5) is 5.13 Å². The van der Waals surface area contributed by atoms with Crippen LogP contribution in [0.2, 0.25) is 0 Å². The second-order valence-electron chi connectivity index (χ2n) is 4.12. The highest BCUT2D eigenvalue weighted by molar-refractivity contribution is 8.00. The Balaban J connectivity index is 1.98. The van der Waals surface area contributed by atoms with E-state index < -0.39 is 10.0 Å². The van der Waals surface area contributed by atoms with E-state index in [1.165, 1.54) is 25.5 Å². The molecule has 1 heterocycles. The van der Waals surface area contributed by atoms with Crippen LogP contribution in [-0.4, -0.2) is 30.9 Å².